The summed E-state index contributed by atoms with van der Waals surface area (Å²) < 4.78 is 0. The van der Waals surface area contributed by atoms with Gasteiger partial charge in [-0.05, 0) is 35.9 Å². The highest BCUT2D eigenvalue weighted by atomic mass is 32.1. The Balaban J connectivity index is 1.58. The molecule has 1 aliphatic rings. The first-order valence-corrected chi connectivity index (χ1v) is 7.74. The van der Waals surface area contributed by atoms with E-state index in [4.69, 9.17) is 0 Å². The molecule has 0 fully saturated rings. The summed E-state index contributed by atoms with van der Waals surface area (Å²) in [5.74, 6) is 0. The van der Waals surface area contributed by atoms with Gasteiger partial charge in [0, 0.05) is 24.5 Å². The number of nitrogens with zero attached hydrogens (tertiary/aromatic N) is 1. The number of carbonyl (C=O) groups excluding carboxylic acids is 1. The van der Waals surface area contributed by atoms with Crippen LogP contribution in [0.3, 0.4) is 0 Å². The SMILES string of the molecule is Cc1cccc(CNC(=O)N2CCc3sccc3C2)c1. The number of hydrogen-bond donors (Lipinski definition) is 1. The van der Waals surface area contributed by atoms with Crippen molar-refractivity contribution in [2.24, 2.45) is 0 Å². The van der Waals surface area contributed by atoms with Gasteiger partial charge >= 0.3 is 6.03 Å². The quantitative estimate of drug-likeness (QED) is 0.902. The summed E-state index contributed by atoms with van der Waals surface area (Å²) in [6.07, 6.45) is 0.977. The second-order valence-corrected chi connectivity index (χ2v) is 6.19. The molecule has 2 amide bonds. The molecule has 3 rings (SSSR count). The van der Waals surface area contributed by atoms with Gasteiger partial charge in [0.25, 0.3) is 0 Å². The van der Waals surface area contributed by atoms with Crippen molar-refractivity contribution in [3.05, 3.63) is 57.3 Å². The van der Waals surface area contributed by atoms with Gasteiger partial charge in [-0.2, -0.15) is 0 Å². The third-order valence-corrected chi connectivity index (χ3v) is 4.64. The first-order valence-electron chi connectivity index (χ1n) is 6.86. The number of rotatable bonds is 2. The van der Waals surface area contributed by atoms with Crippen LogP contribution in [0, 0.1) is 6.92 Å². The van der Waals surface area contributed by atoms with Crippen molar-refractivity contribution in [1.29, 1.82) is 0 Å². The number of carbonyl (C=O) groups is 1. The fourth-order valence-electron chi connectivity index (χ4n) is 2.53. The standard InChI is InChI=1S/C16H18N2OS/c1-12-3-2-4-13(9-12)10-17-16(19)18-7-5-15-14(11-18)6-8-20-15/h2-4,6,8-9H,5,7,10-11H2,1H3,(H,17,19). The van der Waals surface area contributed by atoms with Gasteiger partial charge in [0.15, 0.2) is 0 Å². The Hall–Kier alpha value is -1.81. The Morgan fingerprint density at radius 2 is 2.30 bits per heavy atom. The Bertz CT molecular complexity index is 620. The predicted molar refractivity (Wildman–Crippen MR) is 81.8 cm³/mol. The lowest BCUT2D eigenvalue weighted by Gasteiger charge is -2.27. The Morgan fingerprint density at radius 3 is 3.15 bits per heavy atom. The summed E-state index contributed by atoms with van der Waals surface area (Å²) in [6, 6.07) is 10.4. The molecule has 0 saturated carbocycles. The molecule has 3 nitrogen and oxygen atoms in total. The van der Waals surface area contributed by atoms with Gasteiger partial charge in [0.2, 0.25) is 0 Å². The van der Waals surface area contributed by atoms with E-state index in [1.807, 2.05) is 17.0 Å². The lowest BCUT2D eigenvalue weighted by atomic mass is 10.1. The van der Waals surface area contributed by atoms with E-state index in [-0.39, 0.29) is 6.03 Å². The van der Waals surface area contributed by atoms with Gasteiger partial charge in [-0.1, -0.05) is 29.8 Å². The number of urea groups is 1. The summed E-state index contributed by atoms with van der Waals surface area (Å²) in [5, 5.41) is 5.12. The van der Waals surface area contributed by atoms with Crippen LogP contribution in [-0.2, 0) is 19.5 Å². The number of fused-ring (bicyclic) bond motifs is 1. The monoisotopic (exact) mass is 286 g/mol. The number of benzene rings is 1. The average Bonchev–Trinajstić information content (AvgIpc) is 2.92. The Morgan fingerprint density at radius 1 is 1.40 bits per heavy atom. The van der Waals surface area contributed by atoms with Crippen molar-refractivity contribution in [2.45, 2.75) is 26.4 Å². The van der Waals surface area contributed by atoms with Gasteiger partial charge in [-0.3, -0.25) is 0 Å². The smallest absolute Gasteiger partial charge is 0.317 e. The molecular formula is C16H18N2OS. The molecule has 2 aromatic rings. The Kier molecular flexibility index (Phi) is 3.74. The average molecular weight is 286 g/mol. The summed E-state index contributed by atoms with van der Waals surface area (Å²) in [6.45, 7) is 4.20. The third-order valence-electron chi connectivity index (χ3n) is 3.62. The van der Waals surface area contributed by atoms with Crippen molar-refractivity contribution in [3.63, 3.8) is 0 Å². The molecule has 0 spiro atoms. The molecule has 0 radical (unpaired) electrons. The molecule has 0 aliphatic carbocycles. The molecule has 20 heavy (non-hydrogen) atoms. The molecule has 104 valence electrons. The largest absolute Gasteiger partial charge is 0.334 e. The van der Waals surface area contributed by atoms with E-state index >= 15 is 0 Å². The highest BCUT2D eigenvalue weighted by Gasteiger charge is 2.20. The third kappa shape index (κ3) is 2.85. The van der Waals surface area contributed by atoms with Crippen LogP contribution in [0.5, 0.6) is 0 Å². The maximum absolute atomic E-state index is 12.2. The van der Waals surface area contributed by atoms with E-state index in [1.54, 1.807) is 11.3 Å². The van der Waals surface area contributed by atoms with E-state index in [9.17, 15) is 4.79 Å². The minimum Gasteiger partial charge on any atom is -0.334 e. The van der Waals surface area contributed by atoms with Crippen molar-refractivity contribution >= 4 is 17.4 Å². The molecule has 4 heteroatoms. The highest BCUT2D eigenvalue weighted by molar-refractivity contribution is 7.10. The van der Waals surface area contributed by atoms with Crippen LogP contribution in [0.15, 0.2) is 35.7 Å². The minimum absolute atomic E-state index is 0.0309. The fraction of sp³-hybridized carbons (Fsp3) is 0.312. The van der Waals surface area contributed by atoms with Crippen LogP contribution in [0.4, 0.5) is 4.79 Å². The number of aryl methyl sites for hydroxylation is 1. The molecule has 1 aliphatic heterocycles. The van der Waals surface area contributed by atoms with Crippen molar-refractivity contribution < 1.29 is 4.79 Å². The van der Waals surface area contributed by atoms with Gasteiger partial charge in [-0.25, -0.2) is 4.79 Å². The maximum Gasteiger partial charge on any atom is 0.317 e. The normalized spacial score (nSPS) is 13.9. The van der Waals surface area contributed by atoms with E-state index in [1.165, 1.54) is 16.0 Å². The van der Waals surface area contributed by atoms with Crippen LogP contribution in [0.2, 0.25) is 0 Å². The summed E-state index contributed by atoms with van der Waals surface area (Å²) in [5.41, 5.74) is 3.66. The lowest BCUT2D eigenvalue weighted by molar-refractivity contribution is 0.192. The second kappa shape index (κ2) is 5.67. The van der Waals surface area contributed by atoms with Crippen LogP contribution in [0.1, 0.15) is 21.6 Å². The van der Waals surface area contributed by atoms with Crippen molar-refractivity contribution in [1.82, 2.24) is 10.2 Å². The highest BCUT2D eigenvalue weighted by Crippen LogP contribution is 2.23. The van der Waals surface area contributed by atoms with Gasteiger partial charge in [-0.15, -0.1) is 11.3 Å². The number of nitrogens with one attached hydrogen (secondary N) is 1. The topological polar surface area (TPSA) is 32.3 Å². The summed E-state index contributed by atoms with van der Waals surface area (Å²) in [4.78, 5) is 15.5. The van der Waals surface area contributed by atoms with E-state index in [0.29, 0.717) is 6.54 Å². The first kappa shape index (κ1) is 13.2. The molecule has 1 aromatic heterocycles. The maximum atomic E-state index is 12.2. The van der Waals surface area contributed by atoms with E-state index in [0.717, 1.165) is 25.1 Å². The molecule has 0 saturated heterocycles. The molecule has 0 unspecified atom stereocenters. The van der Waals surface area contributed by atoms with Gasteiger partial charge in [0.1, 0.15) is 0 Å². The molecule has 1 N–H and O–H groups in total. The number of amides is 2. The summed E-state index contributed by atoms with van der Waals surface area (Å²) >= 11 is 1.79. The second-order valence-electron chi connectivity index (χ2n) is 5.19. The lowest BCUT2D eigenvalue weighted by Crippen LogP contribution is -2.42. The Labute approximate surface area is 123 Å². The fourth-order valence-corrected chi connectivity index (χ4v) is 3.42. The van der Waals surface area contributed by atoms with Crippen molar-refractivity contribution in [3.8, 4) is 0 Å². The molecule has 0 bridgehead atoms. The predicted octanol–water partition coefficient (Wildman–Crippen LogP) is 3.32. The van der Waals surface area contributed by atoms with Crippen LogP contribution in [0.25, 0.3) is 0 Å². The van der Waals surface area contributed by atoms with Crippen LogP contribution >= 0.6 is 11.3 Å². The minimum atomic E-state index is 0.0309. The molecule has 2 heterocycles. The first-order chi connectivity index (χ1) is 9.72. The van der Waals surface area contributed by atoms with E-state index < -0.39 is 0 Å². The zero-order valence-corrected chi connectivity index (χ0v) is 12.4. The van der Waals surface area contributed by atoms with Crippen LogP contribution < -0.4 is 5.32 Å². The zero-order valence-electron chi connectivity index (χ0n) is 11.6. The van der Waals surface area contributed by atoms with E-state index in [2.05, 4.69) is 35.8 Å². The summed E-state index contributed by atoms with van der Waals surface area (Å²) in [7, 11) is 0. The number of thiophene rings is 1. The van der Waals surface area contributed by atoms with Crippen molar-refractivity contribution in [2.75, 3.05) is 6.54 Å². The molecular weight excluding hydrogens is 268 g/mol. The number of hydrogen-bond acceptors (Lipinski definition) is 2. The van der Waals surface area contributed by atoms with Gasteiger partial charge < -0.3 is 10.2 Å². The zero-order chi connectivity index (χ0) is 13.9. The van der Waals surface area contributed by atoms with Crippen LogP contribution in [-0.4, -0.2) is 17.5 Å². The molecule has 1 aromatic carbocycles. The van der Waals surface area contributed by atoms with Gasteiger partial charge in [0.05, 0.1) is 0 Å². The molecule has 0 atom stereocenters.